The number of benzene rings is 2. The molecule has 0 saturated carbocycles. The Morgan fingerprint density at radius 2 is 1.73 bits per heavy atom. The van der Waals surface area contributed by atoms with Gasteiger partial charge in [0, 0.05) is 13.1 Å². The number of carbonyl (C=O) groups is 2. The molecule has 1 aliphatic rings. The molecule has 1 heterocycles. The second-order valence-electron chi connectivity index (χ2n) is 8.18. The molecule has 1 fully saturated rings. The summed E-state index contributed by atoms with van der Waals surface area (Å²) in [4.78, 5) is 24.5. The summed E-state index contributed by atoms with van der Waals surface area (Å²) in [6.45, 7) is 2.38. The van der Waals surface area contributed by atoms with E-state index >= 15 is 0 Å². The largest absolute Gasteiger partial charge is 0.456 e. The van der Waals surface area contributed by atoms with Crippen molar-refractivity contribution in [2.45, 2.75) is 49.8 Å². The lowest BCUT2D eigenvalue weighted by molar-refractivity contribution is -0.147. The van der Waals surface area contributed by atoms with E-state index in [2.05, 4.69) is 5.32 Å². The van der Waals surface area contributed by atoms with Crippen molar-refractivity contribution in [2.24, 2.45) is 0 Å². The lowest BCUT2D eigenvalue weighted by atomic mass is 9.98. The maximum atomic E-state index is 13.0. The molecule has 0 bridgehead atoms. The molecule has 1 atom stereocenters. The van der Waals surface area contributed by atoms with Crippen LogP contribution < -0.4 is 5.32 Å². The summed E-state index contributed by atoms with van der Waals surface area (Å²) >= 11 is 6.17. The van der Waals surface area contributed by atoms with E-state index in [4.69, 9.17) is 16.3 Å². The number of anilines is 1. The minimum atomic E-state index is -3.69. The molecule has 1 unspecified atom stereocenters. The highest BCUT2D eigenvalue weighted by molar-refractivity contribution is 7.89. The molecule has 7 nitrogen and oxygen atoms in total. The predicted octanol–water partition coefficient (Wildman–Crippen LogP) is 4.58. The standard InChI is InChI=1S/C24H29ClN2O5S/c1-18(19-9-5-4-6-10-19)15-24(29)32-17-23(28)26-22-16-20(11-12-21(22)25)33(30,31)27-13-7-2-3-8-14-27/h4-6,9-12,16,18H,2-3,7-8,13-15,17H2,1H3,(H,26,28). The van der Waals surface area contributed by atoms with E-state index in [0.29, 0.717) is 13.1 Å². The number of amides is 1. The van der Waals surface area contributed by atoms with Crippen LogP contribution in [0.2, 0.25) is 5.02 Å². The van der Waals surface area contributed by atoms with Gasteiger partial charge in [0.2, 0.25) is 10.0 Å². The molecule has 1 aliphatic heterocycles. The quantitative estimate of drug-likeness (QED) is 0.544. The van der Waals surface area contributed by atoms with Gasteiger partial charge in [-0.15, -0.1) is 0 Å². The van der Waals surface area contributed by atoms with Crippen LogP contribution in [0.1, 0.15) is 50.5 Å². The van der Waals surface area contributed by atoms with E-state index in [9.17, 15) is 18.0 Å². The third kappa shape index (κ3) is 7.03. The average molecular weight is 493 g/mol. The van der Waals surface area contributed by atoms with Crippen molar-refractivity contribution in [1.82, 2.24) is 4.31 Å². The SMILES string of the molecule is CC(CC(=O)OCC(=O)Nc1cc(S(=O)(=O)N2CCCCCC2)ccc1Cl)c1ccccc1. The number of esters is 1. The van der Waals surface area contributed by atoms with Crippen molar-refractivity contribution >= 4 is 39.2 Å². The van der Waals surface area contributed by atoms with Crippen molar-refractivity contribution < 1.29 is 22.7 Å². The highest BCUT2D eigenvalue weighted by atomic mass is 35.5. The molecular weight excluding hydrogens is 464 g/mol. The zero-order valence-corrected chi connectivity index (χ0v) is 20.2. The first kappa shape index (κ1) is 25.2. The Morgan fingerprint density at radius 1 is 1.06 bits per heavy atom. The van der Waals surface area contributed by atoms with Crippen molar-refractivity contribution in [3.63, 3.8) is 0 Å². The molecule has 1 N–H and O–H groups in total. The molecule has 1 amide bonds. The topological polar surface area (TPSA) is 92.8 Å². The van der Waals surface area contributed by atoms with Gasteiger partial charge in [-0.1, -0.05) is 61.7 Å². The zero-order valence-electron chi connectivity index (χ0n) is 18.6. The molecule has 2 aromatic rings. The number of carbonyl (C=O) groups excluding carboxylic acids is 2. The minimum absolute atomic E-state index is 0.0444. The fraction of sp³-hybridized carbons (Fsp3) is 0.417. The number of hydrogen-bond donors (Lipinski definition) is 1. The Bertz CT molecular complexity index is 1070. The lowest BCUT2D eigenvalue weighted by Gasteiger charge is -2.20. The van der Waals surface area contributed by atoms with E-state index in [0.717, 1.165) is 31.2 Å². The van der Waals surface area contributed by atoms with Crippen LogP contribution in [0.5, 0.6) is 0 Å². The van der Waals surface area contributed by atoms with E-state index in [-0.39, 0.29) is 27.9 Å². The zero-order chi connectivity index (χ0) is 23.8. The normalized spacial score (nSPS) is 15.9. The molecule has 1 saturated heterocycles. The smallest absolute Gasteiger partial charge is 0.306 e. The molecular formula is C24H29ClN2O5S. The molecule has 2 aromatic carbocycles. The Morgan fingerprint density at radius 3 is 2.39 bits per heavy atom. The van der Waals surface area contributed by atoms with Gasteiger partial charge in [0.05, 0.1) is 22.0 Å². The third-order valence-electron chi connectivity index (χ3n) is 5.62. The lowest BCUT2D eigenvalue weighted by Crippen LogP contribution is -2.32. The fourth-order valence-electron chi connectivity index (χ4n) is 3.73. The first-order valence-electron chi connectivity index (χ1n) is 11.1. The van der Waals surface area contributed by atoms with Crippen LogP contribution in [-0.4, -0.2) is 44.3 Å². The van der Waals surface area contributed by atoms with Gasteiger partial charge in [0.25, 0.3) is 5.91 Å². The highest BCUT2D eigenvalue weighted by Gasteiger charge is 2.26. The summed E-state index contributed by atoms with van der Waals surface area (Å²) in [5.41, 5.74) is 1.17. The first-order valence-corrected chi connectivity index (χ1v) is 12.9. The summed E-state index contributed by atoms with van der Waals surface area (Å²) in [7, 11) is -3.69. The van der Waals surface area contributed by atoms with Crippen LogP contribution in [0, 0.1) is 0 Å². The molecule has 0 radical (unpaired) electrons. The van der Waals surface area contributed by atoms with Gasteiger partial charge in [0.15, 0.2) is 6.61 Å². The van der Waals surface area contributed by atoms with Crippen molar-refractivity contribution in [1.29, 1.82) is 0 Å². The van der Waals surface area contributed by atoms with Gasteiger partial charge in [-0.25, -0.2) is 8.42 Å². The Balaban J connectivity index is 1.58. The van der Waals surface area contributed by atoms with Crippen LogP contribution in [0.3, 0.4) is 0 Å². The van der Waals surface area contributed by atoms with Crippen LogP contribution >= 0.6 is 11.6 Å². The van der Waals surface area contributed by atoms with Crippen molar-refractivity contribution in [3.8, 4) is 0 Å². The fourth-order valence-corrected chi connectivity index (χ4v) is 5.44. The summed E-state index contributed by atoms with van der Waals surface area (Å²) in [6.07, 6.45) is 3.81. The summed E-state index contributed by atoms with van der Waals surface area (Å²) in [5, 5.41) is 2.74. The van der Waals surface area contributed by atoms with Crippen molar-refractivity contribution in [2.75, 3.05) is 25.0 Å². The minimum Gasteiger partial charge on any atom is -0.456 e. The van der Waals surface area contributed by atoms with Crippen LogP contribution in [-0.2, 0) is 24.3 Å². The molecule has 178 valence electrons. The van der Waals surface area contributed by atoms with Gasteiger partial charge >= 0.3 is 5.97 Å². The van der Waals surface area contributed by atoms with E-state index in [1.807, 2.05) is 37.3 Å². The van der Waals surface area contributed by atoms with Crippen LogP contribution in [0.4, 0.5) is 5.69 Å². The highest BCUT2D eigenvalue weighted by Crippen LogP contribution is 2.28. The molecule has 0 aliphatic carbocycles. The number of nitrogens with zero attached hydrogens (tertiary/aromatic N) is 1. The third-order valence-corrected chi connectivity index (χ3v) is 7.84. The predicted molar refractivity (Wildman–Crippen MR) is 128 cm³/mol. The second kappa shape index (κ2) is 11.6. The number of halogens is 1. The van der Waals surface area contributed by atoms with E-state index in [1.165, 1.54) is 22.5 Å². The summed E-state index contributed by atoms with van der Waals surface area (Å²) in [5.74, 6) is -1.14. The van der Waals surface area contributed by atoms with Gasteiger partial charge in [-0.3, -0.25) is 9.59 Å². The number of hydrogen-bond acceptors (Lipinski definition) is 5. The average Bonchev–Trinajstić information content (AvgIpc) is 3.10. The van der Waals surface area contributed by atoms with Gasteiger partial charge in [-0.05, 0) is 42.5 Å². The Kier molecular flexibility index (Phi) is 8.88. The molecule has 3 rings (SSSR count). The summed E-state index contributed by atoms with van der Waals surface area (Å²) < 4.78 is 32.6. The molecule has 9 heteroatoms. The second-order valence-corrected chi connectivity index (χ2v) is 10.5. The molecule has 0 spiro atoms. The van der Waals surface area contributed by atoms with Gasteiger partial charge in [0.1, 0.15) is 0 Å². The van der Waals surface area contributed by atoms with E-state index in [1.54, 1.807) is 0 Å². The first-order chi connectivity index (χ1) is 15.8. The van der Waals surface area contributed by atoms with Gasteiger partial charge < -0.3 is 10.1 Å². The molecule has 0 aromatic heterocycles. The number of rotatable bonds is 8. The number of sulfonamides is 1. The Hall–Kier alpha value is -2.42. The maximum absolute atomic E-state index is 13.0. The summed E-state index contributed by atoms with van der Waals surface area (Å²) in [6, 6.07) is 13.8. The maximum Gasteiger partial charge on any atom is 0.306 e. The monoisotopic (exact) mass is 492 g/mol. The van der Waals surface area contributed by atoms with E-state index < -0.39 is 28.5 Å². The van der Waals surface area contributed by atoms with Gasteiger partial charge in [-0.2, -0.15) is 4.31 Å². The van der Waals surface area contributed by atoms with Crippen LogP contribution in [0.15, 0.2) is 53.4 Å². The number of ether oxygens (including phenoxy) is 1. The van der Waals surface area contributed by atoms with Crippen LogP contribution in [0.25, 0.3) is 0 Å². The number of nitrogens with one attached hydrogen (secondary N) is 1. The molecule has 33 heavy (non-hydrogen) atoms. The Labute approximate surface area is 200 Å². The van der Waals surface area contributed by atoms with Crippen molar-refractivity contribution in [3.05, 3.63) is 59.1 Å².